The SMILES string of the molecule is Cc1cccc(C)c1NC(=O)[C@H]1C[C@H]2CC[C@H]1C2. The van der Waals surface area contributed by atoms with Crippen LogP contribution in [-0.2, 0) is 4.79 Å². The molecule has 2 aliphatic carbocycles. The molecule has 0 unspecified atom stereocenters. The fraction of sp³-hybridized carbons (Fsp3) is 0.562. The van der Waals surface area contributed by atoms with E-state index in [0.717, 1.165) is 29.2 Å². The number of carbonyl (C=O) groups excluding carboxylic acids is 1. The number of rotatable bonds is 2. The summed E-state index contributed by atoms with van der Waals surface area (Å²) in [4.78, 5) is 12.4. The molecule has 18 heavy (non-hydrogen) atoms. The molecule has 2 bridgehead atoms. The second-order valence-corrected chi connectivity index (χ2v) is 6.04. The molecule has 3 rings (SSSR count). The first-order valence-electron chi connectivity index (χ1n) is 7.02. The normalized spacial score (nSPS) is 29.6. The molecule has 1 aromatic rings. The van der Waals surface area contributed by atoms with Crippen molar-refractivity contribution < 1.29 is 4.79 Å². The standard InChI is InChI=1S/C16H21NO/c1-10-4-3-5-11(2)15(10)17-16(18)14-9-12-6-7-13(14)8-12/h3-5,12-14H,6-9H2,1-2H3,(H,17,18)/t12-,13-,14-/m0/s1. The van der Waals surface area contributed by atoms with E-state index in [1.165, 1.54) is 19.3 Å². The van der Waals surface area contributed by atoms with E-state index in [0.29, 0.717) is 5.92 Å². The van der Waals surface area contributed by atoms with Crippen LogP contribution >= 0.6 is 0 Å². The lowest BCUT2D eigenvalue weighted by molar-refractivity contribution is -0.121. The zero-order valence-electron chi connectivity index (χ0n) is 11.2. The minimum Gasteiger partial charge on any atom is -0.325 e. The maximum atomic E-state index is 12.4. The van der Waals surface area contributed by atoms with E-state index in [4.69, 9.17) is 0 Å². The van der Waals surface area contributed by atoms with Gasteiger partial charge in [-0.25, -0.2) is 0 Å². The van der Waals surface area contributed by atoms with Gasteiger partial charge in [0.2, 0.25) is 5.91 Å². The molecule has 2 saturated carbocycles. The summed E-state index contributed by atoms with van der Waals surface area (Å²) in [6.45, 7) is 4.12. The molecule has 1 amide bonds. The number of benzene rings is 1. The Balaban J connectivity index is 1.75. The maximum absolute atomic E-state index is 12.4. The molecule has 2 nitrogen and oxygen atoms in total. The quantitative estimate of drug-likeness (QED) is 0.843. The van der Waals surface area contributed by atoms with Crippen LogP contribution in [0, 0.1) is 31.6 Å². The van der Waals surface area contributed by atoms with Crippen LogP contribution in [0.1, 0.15) is 36.8 Å². The summed E-state index contributed by atoms with van der Waals surface area (Å²) in [5.74, 6) is 1.99. The fourth-order valence-corrected chi connectivity index (χ4v) is 3.79. The summed E-state index contributed by atoms with van der Waals surface area (Å²) in [5, 5.41) is 3.17. The third-order valence-electron chi connectivity index (χ3n) is 4.80. The average molecular weight is 243 g/mol. The van der Waals surface area contributed by atoms with Crippen molar-refractivity contribution in [1.82, 2.24) is 0 Å². The second-order valence-electron chi connectivity index (χ2n) is 6.04. The molecule has 0 aromatic heterocycles. The summed E-state index contributed by atoms with van der Waals surface area (Å²) < 4.78 is 0. The number of anilines is 1. The first-order valence-corrected chi connectivity index (χ1v) is 7.02. The van der Waals surface area contributed by atoms with Gasteiger partial charge in [0.25, 0.3) is 0 Å². The third-order valence-corrected chi connectivity index (χ3v) is 4.80. The molecule has 2 fully saturated rings. The van der Waals surface area contributed by atoms with E-state index in [1.807, 2.05) is 6.07 Å². The molecule has 0 spiro atoms. The maximum Gasteiger partial charge on any atom is 0.227 e. The predicted molar refractivity (Wildman–Crippen MR) is 73.5 cm³/mol. The van der Waals surface area contributed by atoms with E-state index >= 15 is 0 Å². The Labute approximate surface area is 109 Å². The lowest BCUT2D eigenvalue weighted by Crippen LogP contribution is -2.27. The van der Waals surface area contributed by atoms with Gasteiger partial charge in [0.15, 0.2) is 0 Å². The Bertz CT molecular complexity index is 460. The average Bonchev–Trinajstić information content (AvgIpc) is 2.96. The molecule has 0 aliphatic heterocycles. The van der Waals surface area contributed by atoms with Crippen LogP contribution in [0.4, 0.5) is 5.69 Å². The summed E-state index contributed by atoms with van der Waals surface area (Å²) >= 11 is 0. The Morgan fingerprint density at radius 1 is 1.17 bits per heavy atom. The highest BCUT2D eigenvalue weighted by molar-refractivity contribution is 5.94. The van der Waals surface area contributed by atoms with E-state index in [9.17, 15) is 4.79 Å². The number of para-hydroxylation sites is 1. The van der Waals surface area contributed by atoms with Crippen LogP contribution in [-0.4, -0.2) is 5.91 Å². The molecule has 0 radical (unpaired) electrons. The summed E-state index contributed by atoms with van der Waals surface area (Å²) in [7, 11) is 0. The van der Waals surface area contributed by atoms with E-state index in [1.54, 1.807) is 0 Å². The predicted octanol–water partition coefficient (Wildman–Crippen LogP) is 3.68. The Hall–Kier alpha value is -1.31. The number of carbonyl (C=O) groups is 1. The Morgan fingerprint density at radius 2 is 1.89 bits per heavy atom. The van der Waals surface area contributed by atoms with Crippen molar-refractivity contribution in [3.63, 3.8) is 0 Å². The van der Waals surface area contributed by atoms with Gasteiger partial charge in [-0.15, -0.1) is 0 Å². The van der Waals surface area contributed by atoms with Gasteiger partial charge in [-0.3, -0.25) is 4.79 Å². The first kappa shape index (κ1) is 11.8. The fourth-order valence-electron chi connectivity index (χ4n) is 3.79. The summed E-state index contributed by atoms with van der Waals surface area (Å²) in [5.41, 5.74) is 3.34. The van der Waals surface area contributed by atoms with Crippen LogP contribution in [0.2, 0.25) is 0 Å². The summed E-state index contributed by atoms with van der Waals surface area (Å²) in [6.07, 6.45) is 5.00. The van der Waals surface area contributed by atoms with Crippen LogP contribution in [0.3, 0.4) is 0 Å². The third kappa shape index (κ3) is 1.94. The highest BCUT2D eigenvalue weighted by Crippen LogP contribution is 2.48. The van der Waals surface area contributed by atoms with Gasteiger partial charge in [0, 0.05) is 11.6 Å². The second kappa shape index (κ2) is 4.42. The van der Waals surface area contributed by atoms with Crippen molar-refractivity contribution in [2.45, 2.75) is 39.5 Å². The van der Waals surface area contributed by atoms with Crippen molar-refractivity contribution in [3.8, 4) is 0 Å². The highest BCUT2D eigenvalue weighted by atomic mass is 16.1. The lowest BCUT2D eigenvalue weighted by Gasteiger charge is -2.22. The number of fused-ring (bicyclic) bond motifs is 2. The minimum absolute atomic E-state index is 0.250. The Kier molecular flexibility index (Phi) is 2.89. The molecular formula is C16H21NO. The molecule has 2 heteroatoms. The number of hydrogen-bond donors (Lipinski definition) is 1. The Morgan fingerprint density at radius 3 is 2.44 bits per heavy atom. The van der Waals surface area contributed by atoms with Gasteiger partial charge in [-0.1, -0.05) is 24.6 Å². The zero-order valence-corrected chi connectivity index (χ0v) is 11.2. The van der Waals surface area contributed by atoms with Crippen LogP contribution in [0.15, 0.2) is 18.2 Å². The summed E-state index contributed by atoms with van der Waals surface area (Å²) in [6, 6.07) is 6.16. The van der Waals surface area contributed by atoms with Crippen LogP contribution in [0.25, 0.3) is 0 Å². The van der Waals surface area contributed by atoms with Crippen LogP contribution < -0.4 is 5.32 Å². The lowest BCUT2D eigenvalue weighted by atomic mass is 9.88. The van der Waals surface area contributed by atoms with Gasteiger partial charge >= 0.3 is 0 Å². The molecule has 1 N–H and O–H groups in total. The van der Waals surface area contributed by atoms with Gasteiger partial charge in [-0.05, 0) is 56.1 Å². The van der Waals surface area contributed by atoms with E-state index in [-0.39, 0.29) is 11.8 Å². The molecule has 3 atom stereocenters. The number of amides is 1. The first-order chi connectivity index (χ1) is 8.65. The molecule has 0 saturated heterocycles. The van der Waals surface area contributed by atoms with E-state index < -0.39 is 0 Å². The molecule has 2 aliphatic rings. The smallest absolute Gasteiger partial charge is 0.227 e. The molecule has 96 valence electrons. The molecular weight excluding hydrogens is 222 g/mol. The molecule has 0 heterocycles. The van der Waals surface area contributed by atoms with Crippen molar-refractivity contribution in [3.05, 3.63) is 29.3 Å². The van der Waals surface area contributed by atoms with Gasteiger partial charge < -0.3 is 5.32 Å². The minimum atomic E-state index is 0.250. The van der Waals surface area contributed by atoms with Gasteiger partial charge in [0.05, 0.1) is 0 Å². The largest absolute Gasteiger partial charge is 0.325 e. The van der Waals surface area contributed by atoms with Gasteiger partial charge in [-0.2, -0.15) is 0 Å². The number of aryl methyl sites for hydroxylation is 2. The zero-order chi connectivity index (χ0) is 12.7. The monoisotopic (exact) mass is 243 g/mol. The van der Waals surface area contributed by atoms with Crippen LogP contribution in [0.5, 0.6) is 0 Å². The van der Waals surface area contributed by atoms with E-state index in [2.05, 4.69) is 31.3 Å². The topological polar surface area (TPSA) is 29.1 Å². The van der Waals surface area contributed by atoms with Crippen molar-refractivity contribution >= 4 is 11.6 Å². The van der Waals surface area contributed by atoms with Crippen molar-refractivity contribution in [2.24, 2.45) is 17.8 Å². The van der Waals surface area contributed by atoms with Crippen molar-refractivity contribution in [1.29, 1.82) is 0 Å². The highest BCUT2D eigenvalue weighted by Gasteiger charge is 2.43. The number of nitrogens with one attached hydrogen (secondary N) is 1. The number of hydrogen-bond acceptors (Lipinski definition) is 1. The molecule has 1 aromatic carbocycles. The van der Waals surface area contributed by atoms with Gasteiger partial charge in [0.1, 0.15) is 0 Å². The van der Waals surface area contributed by atoms with Crippen molar-refractivity contribution in [2.75, 3.05) is 5.32 Å².